The van der Waals surface area contributed by atoms with Crippen LogP contribution >= 0.6 is 0 Å². The second kappa shape index (κ2) is 6.64. The van der Waals surface area contributed by atoms with Gasteiger partial charge in [0.25, 0.3) is 0 Å². The largest absolute Gasteiger partial charge is 0.486 e. The highest BCUT2D eigenvalue weighted by Crippen LogP contribution is 2.33. The van der Waals surface area contributed by atoms with Crippen molar-refractivity contribution >= 4 is 0 Å². The van der Waals surface area contributed by atoms with Crippen LogP contribution in [-0.2, 0) is 0 Å². The van der Waals surface area contributed by atoms with E-state index in [1.54, 1.807) is 0 Å². The molecule has 1 atom stereocenters. The summed E-state index contributed by atoms with van der Waals surface area (Å²) < 4.78 is 11.1. The van der Waals surface area contributed by atoms with Crippen LogP contribution in [0.4, 0.5) is 0 Å². The molecule has 21 heavy (non-hydrogen) atoms. The highest BCUT2D eigenvalue weighted by Gasteiger charge is 2.18. The van der Waals surface area contributed by atoms with Crippen molar-refractivity contribution in [3.8, 4) is 11.5 Å². The molecule has 1 unspecified atom stereocenters. The van der Waals surface area contributed by atoms with Crippen molar-refractivity contribution in [1.82, 2.24) is 9.80 Å². The number of hydrogen-bond acceptors (Lipinski definition) is 5. The summed E-state index contributed by atoms with van der Waals surface area (Å²) in [4.78, 5) is 4.76. The highest BCUT2D eigenvalue weighted by atomic mass is 16.6. The highest BCUT2D eigenvalue weighted by molar-refractivity contribution is 5.44. The Kier molecular flexibility index (Phi) is 4.63. The molecule has 5 heteroatoms. The number of nitrogens with zero attached hydrogens (tertiary/aromatic N) is 2. The third-order valence-electron chi connectivity index (χ3n) is 4.27. The molecule has 3 rings (SSSR count). The van der Waals surface area contributed by atoms with Gasteiger partial charge in [-0.25, -0.2) is 0 Å². The predicted octanol–water partition coefficient (Wildman–Crippen LogP) is 1.13. The van der Waals surface area contributed by atoms with E-state index in [2.05, 4.69) is 16.8 Å². The molecule has 1 aromatic rings. The summed E-state index contributed by atoms with van der Waals surface area (Å²) in [5.74, 6) is 1.52. The summed E-state index contributed by atoms with van der Waals surface area (Å²) in [6.07, 6.45) is 0.309. The molecule has 0 aliphatic carbocycles. The lowest BCUT2D eigenvalue weighted by Crippen LogP contribution is -2.44. The second-order valence-electron chi connectivity index (χ2n) is 5.85. The van der Waals surface area contributed by atoms with Gasteiger partial charge in [-0.2, -0.15) is 0 Å². The maximum absolute atomic E-state index is 10.4. The Bertz CT molecular complexity index is 473. The summed E-state index contributed by atoms with van der Waals surface area (Å²) in [5.41, 5.74) is 0.911. The predicted molar refractivity (Wildman–Crippen MR) is 80.9 cm³/mol. The minimum absolute atomic E-state index is 0.444. The summed E-state index contributed by atoms with van der Waals surface area (Å²) >= 11 is 0. The first-order valence-electron chi connectivity index (χ1n) is 7.71. The van der Waals surface area contributed by atoms with Gasteiger partial charge in [0.1, 0.15) is 13.2 Å². The van der Waals surface area contributed by atoms with Crippen molar-refractivity contribution in [1.29, 1.82) is 0 Å². The fraction of sp³-hybridized carbons (Fsp3) is 0.625. The second-order valence-corrected chi connectivity index (χ2v) is 5.85. The van der Waals surface area contributed by atoms with Gasteiger partial charge in [0.05, 0.1) is 6.10 Å². The molecule has 1 N–H and O–H groups in total. The summed E-state index contributed by atoms with van der Waals surface area (Å²) in [7, 11) is 2.15. The Labute approximate surface area is 126 Å². The molecule has 2 aliphatic rings. The van der Waals surface area contributed by atoms with Crippen molar-refractivity contribution in [3.05, 3.63) is 23.8 Å². The summed E-state index contributed by atoms with van der Waals surface area (Å²) in [5, 5.41) is 10.4. The molecule has 1 fully saturated rings. The Hall–Kier alpha value is -1.30. The molecule has 0 spiro atoms. The number of piperazine rings is 1. The van der Waals surface area contributed by atoms with Crippen molar-refractivity contribution in [2.45, 2.75) is 12.5 Å². The van der Waals surface area contributed by atoms with E-state index < -0.39 is 6.10 Å². The van der Waals surface area contributed by atoms with Crippen LogP contribution in [0, 0.1) is 0 Å². The van der Waals surface area contributed by atoms with E-state index in [4.69, 9.17) is 9.47 Å². The zero-order valence-electron chi connectivity index (χ0n) is 12.6. The first-order chi connectivity index (χ1) is 10.2. The van der Waals surface area contributed by atoms with Crippen LogP contribution in [0.5, 0.6) is 11.5 Å². The standard InChI is InChI=1S/C16H24N2O3/c1-17-6-8-18(9-7-17)5-4-14(19)13-2-3-15-16(12-13)21-11-10-20-15/h2-3,12,14,19H,4-11H2,1H3. The molecule has 116 valence electrons. The van der Waals surface area contributed by atoms with E-state index in [1.165, 1.54) is 0 Å². The monoisotopic (exact) mass is 292 g/mol. The Morgan fingerprint density at radius 3 is 2.57 bits per heavy atom. The Morgan fingerprint density at radius 1 is 1.10 bits per heavy atom. The van der Waals surface area contributed by atoms with E-state index in [-0.39, 0.29) is 0 Å². The van der Waals surface area contributed by atoms with E-state index in [0.717, 1.165) is 56.2 Å². The molecular weight excluding hydrogens is 268 g/mol. The molecule has 0 amide bonds. The van der Waals surface area contributed by atoms with Gasteiger partial charge in [-0.1, -0.05) is 6.07 Å². The summed E-state index contributed by atoms with van der Waals surface area (Å²) in [6, 6.07) is 5.73. The number of benzene rings is 1. The van der Waals surface area contributed by atoms with Gasteiger partial charge in [0, 0.05) is 32.7 Å². The molecule has 0 radical (unpaired) electrons. The van der Waals surface area contributed by atoms with Gasteiger partial charge in [0.15, 0.2) is 11.5 Å². The van der Waals surface area contributed by atoms with E-state index in [1.807, 2.05) is 18.2 Å². The zero-order chi connectivity index (χ0) is 14.7. The fourth-order valence-electron chi connectivity index (χ4n) is 2.81. The van der Waals surface area contributed by atoms with Crippen LogP contribution in [-0.4, -0.2) is 67.9 Å². The Morgan fingerprint density at radius 2 is 1.81 bits per heavy atom. The molecule has 0 bridgehead atoms. The molecule has 0 aromatic heterocycles. The lowest BCUT2D eigenvalue weighted by atomic mass is 10.1. The maximum atomic E-state index is 10.4. The number of fused-ring (bicyclic) bond motifs is 1. The molecule has 5 nitrogen and oxygen atoms in total. The third kappa shape index (κ3) is 3.67. The molecule has 1 saturated heterocycles. The number of aliphatic hydroxyl groups is 1. The molecular formula is C16H24N2O3. The number of hydrogen-bond donors (Lipinski definition) is 1. The van der Waals surface area contributed by atoms with Gasteiger partial charge >= 0.3 is 0 Å². The first-order valence-corrected chi connectivity index (χ1v) is 7.71. The normalized spacial score (nSPS) is 21.2. The lowest BCUT2D eigenvalue weighted by Gasteiger charge is -2.32. The molecule has 0 saturated carbocycles. The van der Waals surface area contributed by atoms with Crippen LogP contribution in [0.3, 0.4) is 0 Å². The smallest absolute Gasteiger partial charge is 0.161 e. The average Bonchev–Trinajstić information content (AvgIpc) is 2.53. The van der Waals surface area contributed by atoms with E-state index in [9.17, 15) is 5.11 Å². The SMILES string of the molecule is CN1CCN(CCC(O)c2ccc3c(c2)OCCO3)CC1. The van der Waals surface area contributed by atoms with Crippen molar-refractivity contribution in [2.24, 2.45) is 0 Å². The third-order valence-corrected chi connectivity index (χ3v) is 4.27. The Balaban J connectivity index is 1.54. The number of aliphatic hydroxyl groups excluding tert-OH is 1. The number of ether oxygens (including phenoxy) is 2. The summed E-state index contributed by atoms with van der Waals surface area (Å²) in [6.45, 7) is 6.50. The van der Waals surface area contributed by atoms with Gasteiger partial charge in [-0.05, 0) is 31.2 Å². The van der Waals surface area contributed by atoms with E-state index >= 15 is 0 Å². The quantitative estimate of drug-likeness (QED) is 0.901. The maximum Gasteiger partial charge on any atom is 0.161 e. The van der Waals surface area contributed by atoms with Crippen LogP contribution in [0.1, 0.15) is 18.1 Å². The van der Waals surface area contributed by atoms with Crippen molar-refractivity contribution < 1.29 is 14.6 Å². The van der Waals surface area contributed by atoms with Gasteiger partial charge < -0.3 is 24.4 Å². The number of likely N-dealkylation sites (N-methyl/N-ethyl adjacent to an activating group) is 1. The van der Waals surface area contributed by atoms with Crippen LogP contribution < -0.4 is 9.47 Å². The van der Waals surface area contributed by atoms with Gasteiger partial charge in [0.2, 0.25) is 0 Å². The zero-order valence-corrected chi connectivity index (χ0v) is 12.6. The number of rotatable bonds is 4. The van der Waals surface area contributed by atoms with Gasteiger partial charge in [-0.3, -0.25) is 0 Å². The van der Waals surface area contributed by atoms with Crippen LogP contribution in [0.15, 0.2) is 18.2 Å². The minimum atomic E-state index is -0.444. The van der Waals surface area contributed by atoms with Crippen LogP contribution in [0.2, 0.25) is 0 Å². The average molecular weight is 292 g/mol. The molecule has 2 aliphatic heterocycles. The van der Waals surface area contributed by atoms with Crippen molar-refractivity contribution in [2.75, 3.05) is 53.0 Å². The molecule has 1 aromatic carbocycles. The minimum Gasteiger partial charge on any atom is -0.486 e. The topological polar surface area (TPSA) is 45.2 Å². The first kappa shape index (κ1) is 14.6. The lowest BCUT2D eigenvalue weighted by molar-refractivity contribution is 0.112. The van der Waals surface area contributed by atoms with Crippen LogP contribution in [0.25, 0.3) is 0 Å². The van der Waals surface area contributed by atoms with E-state index in [0.29, 0.717) is 13.2 Å². The van der Waals surface area contributed by atoms with Gasteiger partial charge in [-0.15, -0.1) is 0 Å². The van der Waals surface area contributed by atoms with Crippen molar-refractivity contribution in [3.63, 3.8) is 0 Å². The molecule has 2 heterocycles. The fourth-order valence-corrected chi connectivity index (χ4v) is 2.81.